The molecule has 4 aromatic rings. The number of hydrogen-bond acceptors (Lipinski definition) is 15. The van der Waals surface area contributed by atoms with Gasteiger partial charge >= 0.3 is 0 Å². The number of anilines is 3. The van der Waals surface area contributed by atoms with Gasteiger partial charge in [0, 0.05) is 79.5 Å². The minimum Gasteiger partial charge on any atom is -0.487 e. The normalized spacial score (nSPS) is 18.7. The Bertz CT molecular complexity index is 2380. The van der Waals surface area contributed by atoms with Gasteiger partial charge in [-0.15, -0.1) is 23.7 Å². The lowest BCUT2D eigenvalue weighted by Crippen LogP contribution is -2.52. The molecule has 5 amide bonds. The first-order valence-corrected chi connectivity index (χ1v) is 24.4. The molecule has 2 aromatic carbocycles. The first kappa shape index (κ1) is 54.0. The number of hydrogen-bond donors (Lipinski definition) is 5. The number of ether oxygens (including phenoxy) is 5. The second kappa shape index (κ2) is 27.3. The maximum atomic E-state index is 14.6. The van der Waals surface area contributed by atoms with Crippen molar-refractivity contribution in [3.63, 3.8) is 0 Å². The van der Waals surface area contributed by atoms with Crippen molar-refractivity contribution in [2.24, 2.45) is 5.41 Å². The average molecular weight is 1030 g/mol. The highest BCUT2D eigenvalue weighted by molar-refractivity contribution is 7.13. The molecule has 70 heavy (non-hydrogen) atoms. The standard InChI is InChI=1S/C48H58ClFN8O10S.ClH/c49-36-6-3-8-39(43(36)50)68-33-12-15-48(16-13-33,30-32-4-1-9-40(54-32)56-47-53-20-29-69-47)46(63)52-19-22-65-24-26-67-28-27-66-25-23-64-21-18-51-17-14-42(60)55-37-7-2-5-34-35(37)31-58(45(34)62)38-10-11-41(59)57-44(38)61;/h1-9,20,29,33,38,51H,10-19,21-28,30-31H2,(H,52,63)(H,55,60)(H,53,54,56)(H,57,59,61);1H. The molecule has 1 saturated heterocycles. The number of benzene rings is 2. The zero-order valence-corrected chi connectivity index (χ0v) is 41.0. The van der Waals surface area contributed by atoms with Crippen LogP contribution in [0.1, 0.15) is 66.6 Å². The molecule has 0 bridgehead atoms. The number of amides is 5. The summed E-state index contributed by atoms with van der Waals surface area (Å²) in [6.45, 7) is 4.48. The number of thiazole rings is 1. The van der Waals surface area contributed by atoms with E-state index in [4.69, 9.17) is 40.3 Å². The topological polar surface area (TPSA) is 221 Å². The quantitative estimate of drug-likeness (QED) is 0.0362. The fraction of sp³-hybridized carbons (Fsp3) is 0.479. The molecule has 1 aliphatic carbocycles. The largest absolute Gasteiger partial charge is 0.487 e. The van der Waals surface area contributed by atoms with Crippen LogP contribution >= 0.6 is 35.3 Å². The maximum Gasteiger partial charge on any atom is 0.255 e. The molecule has 378 valence electrons. The molecule has 5 N–H and O–H groups in total. The molecule has 0 spiro atoms. The van der Waals surface area contributed by atoms with Crippen LogP contribution in [0.2, 0.25) is 5.02 Å². The van der Waals surface area contributed by atoms with Gasteiger partial charge in [0.05, 0.1) is 69.4 Å². The lowest BCUT2D eigenvalue weighted by atomic mass is 9.69. The fourth-order valence-electron chi connectivity index (χ4n) is 8.46. The minimum atomic E-state index is -0.754. The Labute approximate surface area is 420 Å². The molecule has 2 aromatic heterocycles. The van der Waals surface area contributed by atoms with Crippen molar-refractivity contribution in [2.75, 3.05) is 83.1 Å². The van der Waals surface area contributed by atoms with E-state index in [2.05, 4.69) is 31.6 Å². The van der Waals surface area contributed by atoms with E-state index < -0.39 is 23.2 Å². The van der Waals surface area contributed by atoms with Gasteiger partial charge < -0.3 is 49.9 Å². The third kappa shape index (κ3) is 15.3. The second-order valence-electron chi connectivity index (χ2n) is 16.8. The predicted octanol–water partition coefficient (Wildman–Crippen LogP) is 5.61. The third-order valence-corrected chi connectivity index (χ3v) is 13.0. The SMILES string of the molecule is Cl.O=C1CCC(N2Cc3c(NC(=O)CCNCCOCCOCCOCCOCCNC(=O)C4(Cc5cccc(Nc6nccs6)n5)CCC(Oc5cccc(Cl)c5F)CC4)cccc3C2=O)C(=O)N1. The number of carbonyl (C=O) groups is 5. The Morgan fingerprint density at radius 3 is 2.29 bits per heavy atom. The molecule has 18 nitrogen and oxygen atoms in total. The molecule has 3 aliphatic rings. The summed E-state index contributed by atoms with van der Waals surface area (Å²) in [5, 5.41) is 17.2. The Kier molecular flexibility index (Phi) is 21.1. The molecule has 22 heteroatoms. The van der Waals surface area contributed by atoms with Crippen LogP contribution in [-0.4, -0.2) is 129 Å². The van der Waals surface area contributed by atoms with Crippen molar-refractivity contribution in [1.29, 1.82) is 0 Å². The van der Waals surface area contributed by atoms with E-state index in [1.165, 1.54) is 22.3 Å². The fourth-order valence-corrected chi connectivity index (χ4v) is 9.16. The van der Waals surface area contributed by atoms with Gasteiger partial charge in [0.15, 0.2) is 16.7 Å². The third-order valence-electron chi connectivity index (χ3n) is 12.0. The van der Waals surface area contributed by atoms with Crippen LogP contribution in [0.4, 0.5) is 21.0 Å². The summed E-state index contributed by atoms with van der Waals surface area (Å²) in [5.41, 5.74) is 1.62. The number of piperidine rings is 1. The monoisotopic (exact) mass is 1030 g/mol. The highest BCUT2D eigenvalue weighted by Gasteiger charge is 2.43. The maximum absolute atomic E-state index is 14.6. The molecule has 1 atom stereocenters. The van der Waals surface area contributed by atoms with Crippen molar-refractivity contribution < 1.29 is 52.0 Å². The Balaban J connectivity index is 0.00000804. The molecule has 2 fully saturated rings. The van der Waals surface area contributed by atoms with Crippen LogP contribution in [-0.2, 0) is 51.1 Å². The molecule has 2 aliphatic heterocycles. The summed E-state index contributed by atoms with van der Waals surface area (Å²) in [4.78, 5) is 74.2. The highest BCUT2D eigenvalue weighted by atomic mass is 35.5. The lowest BCUT2D eigenvalue weighted by molar-refractivity contribution is -0.137. The van der Waals surface area contributed by atoms with Crippen molar-refractivity contribution in [3.8, 4) is 5.75 Å². The second-order valence-corrected chi connectivity index (χ2v) is 18.1. The zero-order valence-electron chi connectivity index (χ0n) is 38.6. The zero-order chi connectivity index (χ0) is 48.4. The van der Waals surface area contributed by atoms with Crippen LogP contribution in [0, 0.1) is 11.2 Å². The van der Waals surface area contributed by atoms with Crippen molar-refractivity contribution >= 4 is 81.5 Å². The predicted molar refractivity (Wildman–Crippen MR) is 262 cm³/mol. The highest BCUT2D eigenvalue weighted by Crippen LogP contribution is 2.41. The average Bonchev–Trinajstić information content (AvgIpc) is 3.98. The Hall–Kier alpha value is -5.32. The van der Waals surface area contributed by atoms with Gasteiger partial charge in [0.25, 0.3) is 5.91 Å². The van der Waals surface area contributed by atoms with Gasteiger partial charge in [0.1, 0.15) is 11.9 Å². The van der Waals surface area contributed by atoms with Gasteiger partial charge in [-0.3, -0.25) is 29.3 Å². The number of nitrogens with one attached hydrogen (secondary N) is 5. The van der Waals surface area contributed by atoms with Gasteiger partial charge in [-0.2, -0.15) is 0 Å². The smallest absolute Gasteiger partial charge is 0.255 e. The van der Waals surface area contributed by atoms with Crippen LogP contribution in [0.25, 0.3) is 0 Å². The van der Waals surface area contributed by atoms with E-state index >= 15 is 0 Å². The van der Waals surface area contributed by atoms with E-state index in [-0.39, 0.29) is 78.7 Å². The summed E-state index contributed by atoms with van der Waals surface area (Å²) in [7, 11) is 0. The van der Waals surface area contributed by atoms with E-state index in [9.17, 15) is 28.4 Å². The van der Waals surface area contributed by atoms with Crippen LogP contribution in [0.3, 0.4) is 0 Å². The van der Waals surface area contributed by atoms with E-state index in [0.717, 1.165) is 10.8 Å². The van der Waals surface area contributed by atoms with Crippen molar-refractivity contribution in [2.45, 2.75) is 70.1 Å². The summed E-state index contributed by atoms with van der Waals surface area (Å²) in [6, 6.07) is 14.7. The van der Waals surface area contributed by atoms with Gasteiger partial charge in [-0.1, -0.05) is 29.8 Å². The number of nitrogens with zero attached hydrogens (tertiary/aromatic N) is 3. The number of rotatable bonds is 27. The molecular weight excluding hydrogens is 971 g/mol. The molecule has 1 unspecified atom stereocenters. The first-order chi connectivity index (χ1) is 33.6. The van der Waals surface area contributed by atoms with Gasteiger partial charge in [0.2, 0.25) is 23.6 Å². The number of carbonyl (C=O) groups excluding carboxylic acids is 5. The molecule has 0 radical (unpaired) electrons. The van der Waals surface area contributed by atoms with Crippen LogP contribution in [0.5, 0.6) is 5.75 Å². The van der Waals surface area contributed by atoms with Crippen LogP contribution < -0.4 is 31.3 Å². The van der Waals surface area contributed by atoms with Gasteiger partial charge in [-0.05, 0) is 68.5 Å². The Morgan fingerprint density at radius 1 is 0.871 bits per heavy atom. The van der Waals surface area contributed by atoms with E-state index in [1.807, 2.05) is 23.6 Å². The number of halogens is 3. The summed E-state index contributed by atoms with van der Waals surface area (Å²) >= 11 is 7.45. The van der Waals surface area contributed by atoms with Gasteiger partial charge in [-0.25, -0.2) is 14.4 Å². The summed E-state index contributed by atoms with van der Waals surface area (Å²) in [6.07, 6.45) is 4.63. The number of aromatic nitrogens is 2. The number of imide groups is 1. The molecule has 1 saturated carbocycles. The van der Waals surface area contributed by atoms with Crippen LogP contribution in [0.15, 0.2) is 66.2 Å². The van der Waals surface area contributed by atoms with Crippen molar-refractivity contribution in [1.82, 2.24) is 30.8 Å². The Morgan fingerprint density at radius 2 is 1.57 bits per heavy atom. The van der Waals surface area contributed by atoms with E-state index in [0.29, 0.717) is 127 Å². The first-order valence-electron chi connectivity index (χ1n) is 23.2. The molecule has 4 heterocycles. The molecular formula is C48H59Cl2FN8O10S. The number of fused-ring (bicyclic) bond motifs is 1. The number of pyridine rings is 1. The lowest BCUT2D eigenvalue weighted by Gasteiger charge is -2.39. The summed E-state index contributed by atoms with van der Waals surface area (Å²) < 4.78 is 43.2. The minimum absolute atomic E-state index is 0. The molecule has 7 rings (SSSR count). The van der Waals surface area contributed by atoms with E-state index in [1.54, 1.807) is 36.5 Å². The van der Waals surface area contributed by atoms with Crippen molar-refractivity contribution in [3.05, 3.63) is 93.8 Å². The summed E-state index contributed by atoms with van der Waals surface area (Å²) in [5.74, 6) is -1.29.